The second-order valence-electron chi connectivity index (χ2n) is 10.3. The second kappa shape index (κ2) is 12.8. The Morgan fingerprint density at radius 1 is 1.05 bits per heavy atom. The molecule has 14 heteroatoms. The fourth-order valence-corrected chi connectivity index (χ4v) is 5.11. The summed E-state index contributed by atoms with van der Waals surface area (Å²) in [6, 6.07) is 4.50. The average molecular weight is 584 g/mol. The molecule has 1 aromatic carbocycles. The van der Waals surface area contributed by atoms with E-state index in [-0.39, 0.29) is 28.5 Å². The van der Waals surface area contributed by atoms with Crippen molar-refractivity contribution in [1.29, 1.82) is 0 Å². The summed E-state index contributed by atoms with van der Waals surface area (Å²) in [7, 11) is 1.96. The Morgan fingerprint density at radius 3 is 2.15 bits per heavy atom. The number of carbonyl (C=O) groups excluding carboxylic acids is 3. The number of nitrogens with one attached hydrogen (secondary N) is 1. The Labute approximate surface area is 233 Å². The van der Waals surface area contributed by atoms with E-state index in [4.69, 9.17) is 9.90 Å². The number of likely N-dealkylation sites (N-methyl/N-ethyl adjacent to an activating group) is 1. The predicted octanol–water partition coefficient (Wildman–Crippen LogP) is 0.206. The minimum atomic E-state index is -5.19. The molecule has 0 atom stereocenters. The number of aliphatic carboxylic acids is 1. The Kier molecular flexibility index (Phi) is 9.89. The first kappa shape index (κ1) is 31.7. The maximum Gasteiger partial charge on any atom is 0.430 e. The third-order valence-electron chi connectivity index (χ3n) is 7.82. The molecule has 1 saturated carbocycles. The first-order valence-electron chi connectivity index (χ1n) is 13.2. The molecule has 0 radical (unpaired) electrons. The van der Waals surface area contributed by atoms with Gasteiger partial charge in [-0.25, -0.2) is 9.49 Å². The van der Waals surface area contributed by atoms with Crippen LogP contribution in [0.2, 0.25) is 0 Å². The van der Waals surface area contributed by atoms with Gasteiger partial charge in [0, 0.05) is 51.0 Å². The maximum atomic E-state index is 14.6. The Hall–Kier alpha value is -3.81. The lowest BCUT2D eigenvalue weighted by Crippen LogP contribution is -2.96. The zero-order valence-corrected chi connectivity index (χ0v) is 23.1. The largest absolute Gasteiger partial charge is 0.542 e. The number of carboxylic acid groups (broad SMARTS) is 1. The van der Waals surface area contributed by atoms with E-state index in [0.717, 1.165) is 36.8 Å². The van der Waals surface area contributed by atoms with E-state index in [9.17, 15) is 31.9 Å². The summed E-state index contributed by atoms with van der Waals surface area (Å²) in [5.41, 5.74) is 2.22. The van der Waals surface area contributed by atoms with E-state index in [1.165, 1.54) is 6.07 Å². The van der Waals surface area contributed by atoms with Gasteiger partial charge in [0.1, 0.15) is 11.8 Å². The van der Waals surface area contributed by atoms with Gasteiger partial charge in [0.25, 0.3) is 17.4 Å². The number of carboxylic acids is 1. The van der Waals surface area contributed by atoms with E-state index in [2.05, 4.69) is 10.2 Å². The van der Waals surface area contributed by atoms with Crippen LogP contribution in [0, 0.1) is 19.7 Å². The Bertz CT molecular complexity index is 1350. The number of nitrogens with zero attached hydrogens (tertiary/aromatic N) is 3. The lowest BCUT2D eigenvalue weighted by molar-refractivity contribution is -0.688. The fraction of sp³-hybridized carbons (Fsp3) is 0.519. The van der Waals surface area contributed by atoms with Gasteiger partial charge in [-0.3, -0.25) is 14.4 Å². The highest BCUT2D eigenvalue weighted by atomic mass is 19.4. The van der Waals surface area contributed by atoms with Gasteiger partial charge >= 0.3 is 6.18 Å². The smallest absolute Gasteiger partial charge is 0.430 e. The summed E-state index contributed by atoms with van der Waals surface area (Å²) in [6.45, 7) is 5.25. The van der Waals surface area contributed by atoms with Gasteiger partial charge in [0.2, 0.25) is 0 Å². The Balaban J connectivity index is 0.000000587. The number of hydrogen-bond acceptors (Lipinski definition) is 6. The summed E-state index contributed by atoms with van der Waals surface area (Å²) in [5, 5.41) is 17.4. The van der Waals surface area contributed by atoms with Crippen molar-refractivity contribution in [3.05, 3.63) is 62.3 Å². The van der Waals surface area contributed by atoms with Crippen molar-refractivity contribution in [2.45, 2.75) is 57.7 Å². The van der Waals surface area contributed by atoms with E-state index in [1.807, 2.05) is 24.2 Å². The van der Waals surface area contributed by atoms with Crippen LogP contribution in [0.4, 0.5) is 17.6 Å². The molecular weight excluding hydrogens is 550 g/mol. The van der Waals surface area contributed by atoms with Crippen LogP contribution in [-0.4, -0.2) is 82.7 Å². The van der Waals surface area contributed by atoms with E-state index >= 15 is 0 Å². The van der Waals surface area contributed by atoms with E-state index in [1.54, 1.807) is 24.0 Å². The average Bonchev–Trinajstić information content (AvgIpc) is 3.44. The molecule has 0 unspecified atom stereocenters. The number of halogens is 4. The molecule has 4 rings (SSSR count). The summed E-state index contributed by atoms with van der Waals surface area (Å²) >= 11 is 0. The number of carbonyl (C=O) groups is 3. The van der Waals surface area contributed by atoms with Crippen LogP contribution >= 0.6 is 0 Å². The molecule has 2 aromatic rings. The molecular formula is C27H33F4N5O5. The quantitative estimate of drug-likeness (QED) is 0.482. The van der Waals surface area contributed by atoms with Crippen molar-refractivity contribution in [2.75, 3.05) is 33.2 Å². The molecule has 224 valence electrons. The van der Waals surface area contributed by atoms with Gasteiger partial charge in [-0.2, -0.15) is 18.3 Å². The minimum absolute atomic E-state index is 0.0187. The molecule has 1 aliphatic carbocycles. The molecule has 2 heterocycles. The normalized spacial score (nSPS) is 16.7. The number of rotatable bonds is 5. The van der Waals surface area contributed by atoms with Crippen LogP contribution in [0.15, 0.2) is 23.0 Å². The molecule has 10 nitrogen and oxygen atoms in total. The monoisotopic (exact) mass is 583 g/mol. The minimum Gasteiger partial charge on any atom is -0.542 e. The molecule has 3 N–H and O–H groups in total. The number of H-pyrrole nitrogens is 1. The van der Waals surface area contributed by atoms with Crippen molar-refractivity contribution in [3.8, 4) is 0 Å². The molecule has 0 bridgehead atoms. The number of aromatic nitrogens is 2. The topological polar surface area (TPSA) is 143 Å². The second-order valence-corrected chi connectivity index (χ2v) is 10.3. The lowest BCUT2D eigenvalue weighted by atomic mass is 9.95. The van der Waals surface area contributed by atoms with E-state index in [0.29, 0.717) is 43.9 Å². The molecule has 2 fully saturated rings. The number of amides is 2. The highest BCUT2D eigenvalue weighted by Crippen LogP contribution is 2.28. The van der Waals surface area contributed by atoms with Crippen molar-refractivity contribution in [1.82, 2.24) is 20.0 Å². The summed E-state index contributed by atoms with van der Waals surface area (Å²) < 4.78 is 46.2. The lowest BCUT2D eigenvalue weighted by Gasteiger charge is -2.38. The Morgan fingerprint density at radius 2 is 1.61 bits per heavy atom. The standard InChI is InChI=1S/C25H32FN5O3.C2HF3O2/c1-16-17(2)22(32)29-28-21(16)15-18-6-7-20(26)19(14-18)23(33)30-10-12-31(13-11-30)24(34)25(27-3)8-4-5-9-25;3-2(4,5)1(6)7/h6-7,14,27H,4-5,8-13,15H2,1-3H3,(H,29,32);(H,6,7). The molecule has 1 aliphatic heterocycles. The molecule has 1 aromatic heterocycles. The van der Waals surface area contributed by atoms with Gasteiger partial charge in [0.15, 0.2) is 5.54 Å². The summed E-state index contributed by atoms with van der Waals surface area (Å²) in [6.07, 6.45) is -0.900. The first-order chi connectivity index (χ1) is 19.2. The fourth-order valence-electron chi connectivity index (χ4n) is 5.11. The molecule has 2 amide bonds. The molecule has 41 heavy (non-hydrogen) atoms. The van der Waals surface area contributed by atoms with Crippen LogP contribution in [-0.2, 0) is 16.0 Å². The SMILES string of the molecule is C[NH2+]C1(C(=O)N2CCN(C(=O)c3cc(Cc4n[nH]c(=O)c(C)c4C)ccc3F)CC2)CCCC1.O=C([O-])C(F)(F)F. The summed E-state index contributed by atoms with van der Waals surface area (Å²) in [5.74, 6) is -3.79. The summed E-state index contributed by atoms with van der Waals surface area (Å²) in [4.78, 5) is 50.3. The zero-order chi connectivity index (χ0) is 30.5. The zero-order valence-electron chi connectivity index (χ0n) is 23.1. The highest BCUT2D eigenvalue weighted by Gasteiger charge is 2.46. The van der Waals surface area contributed by atoms with Gasteiger partial charge in [-0.15, -0.1) is 0 Å². The predicted molar refractivity (Wildman–Crippen MR) is 136 cm³/mol. The van der Waals surface area contributed by atoms with Crippen molar-refractivity contribution < 1.29 is 42.4 Å². The van der Waals surface area contributed by atoms with Crippen molar-refractivity contribution in [2.24, 2.45) is 0 Å². The van der Waals surface area contributed by atoms with Crippen LogP contribution in [0.3, 0.4) is 0 Å². The van der Waals surface area contributed by atoms with Crippen LogP contribution in [0.25, 0.3) is 0 Å². The van der Waals surface area contributed by atoms with Gasteiger partial charge in [-0.1, -0.05) is 6.07 Å². The van der Waals surface area contributed by atoms with Crippen molar-refractivity contribution in [3.63, 3.8) is 0 Å². The number of benzene rings is 1. The number of hydrogen-bond donors (Lipinski definition) is 2. The molecule has 0 spiro atoms. The third kappa shape index (κ3) is 7.29. The van der Waals surface area contributed by atoms with E-state index < -0.39 is 18.0 Å². The van der Waals surface area contributed by atoms with Crippen LogP contribution < -0.4 is 16.0 Å². The van der Waals surface area contributed by atoms with Crippen molar-refractivity contribution >= 4 is 17.8 Å². The van der Waals surface area contributed by atoms with Crippen LogP contribution in [0.1, 0.15) is 58.4 Å². The first-order valence-corrected chi connectivity index (χ1v) is 13.2. The number of aromatic amines is 1. The van der Waals surface area contributed by atoms with Gasteiger partial charge in [0.05, 0.1) is 18.3 Å². The number of quaternary nitrogens is 1. The molecule has 2 aliphatic rings. The van der Waals surface area contributed by atoms with Gasteiger partial charge < -0.3 is 25.0 Å². The maximum absolute atomic E-state index is 14.6. The number of nitrogens with two attached hydrogens (primary N) is 1. The molecule has 1 saturated heterocycles. The number of piperazine rings is 1. The number of alkyl halides is 3. The third-order valence-corrected chi connectivity index (χ3v) is 7.82. The van der Waals surface area contributed by atoms with Gasteiger partial charge in [-0.05, 0) is 49.9 Å². The van der Waals surface area contributed by atoms with Crippen LogP contribution in [0.5, 0.6) is 0 Å². The highest BCUT2D eigenvalue weighted by molar-refractivity contribution is 5.95.